The van der Waals surface area contributed by atoms with Gasteiger partial charge in [-0.3, -0.25) is 9.78 Å². The van der Waals surface area contributed by atoms with Crippen LogP contribution in [0, 0.1) is 12.8 Å². The van der Waals surface area contributed by atoms with Crippen molar-refractivity contribution in [3.63, 3.8) is 0 Å². The first-order valence-corrected chi connectivity index (χ1v) is 10.1. The molecule has 1 amide bonds. The zero-order valence-corrected chi connectivity index (χ0v) is 16.1. The van der Waals surface area contributed by atoms with E-state index in [1.165, 1.54) is 19.3 Å². The SMILES string of the molecule is Cc1cnccc1-c1ccc(C(=O)N(CC2CCC2)CC2CCCO2)cc1. The van der Waals surface area contributed by atoms with E-state index in [0.29, 0.717) is 5.92 Å². The summed E-state index contributed by atoms with van der Waals surface area (Å²) in [4.78, 5) is 19.4. The fourth-order valence-corrected chi connectivity index (χ4v) is 4.03. The molecule has 0 radical (unpaired) electrons. The average molecular weight is 364 g/mol. The molecule has 0 bridgehead atoms. The zero-order valence-electron chi connectivity index (χ0n) is 16.1. The smallest absolute Gasteiger partial charge is 0.253 e. The van der Waals surface area contributed by atoms with E-state index in [1.807, 2.05) is 47.6 Å². The largest absolute Gasteiger partial charge is 0.376 e. The van der Waals surface area contributed by atoms with Crippen LogP contribution in [0.4, 0.5) is 0 Å². The van der Waals surface area contributed by atoms with E-state index in [9.17, 15) is 4.79 Å². The van der Waals surface area contributed by atoms with Gasteiger partial charge in [0.2, 0.25) is 0 Å². The van der Waals surface area contributed by atoms with Crippen molar-refractivity contribution >= 4 is 5.91 Å². The molecule has 1 aromatic carbocycles. The fourth-order valence-electron chi connectivity index (χ4n) is 4.03. The van der Waals surface area contributed by atoms with Crippen LogP contribution >= 0.6 is 0 Å². The molecule has 4 nitrogen and oxygen atoms in total. The topological polar surface area (TPSA) is 42.4 Å². The van der Waals surface area contributed by atoms with Gasteiger partial charge in [-0.2, -0.15) is 0 Å². The molecule has 0 spiro atoms. The van der Waals surface area contributed by atoms with Gasteiger partial charge in [0.1, 0.15) is 0 Å². The molecule has 2 fully saturated rings. The quantitative estimate of drug-likeness (QED) is 0.759. The van der Waals surface area contributed by atoms with E-state index < -0.39 is 0 Å². The highest BCUT2D eigenvalue weighted by Crippen LogP contribution is 2.29. The molecule has 2 aliphatic rings. The zero-order chi connectivity index (χ0) is 18.6. The third kappa shape index (κ3) is 4.22. The van der Waals surface area contributed by atoms with Gasteiger partial charge in [-0.05, 0) is 73.4 Å². The van der Waals surface area contributed by atoms with Gasteiger partial charge >= 0.3 is 0 Å². The second-order valence-corrected chi connectivity index (χ2v) is 7.91. The Bertz CT molecular complexity index is 777. The van der Waals surface area contributed by atoms with Crippen molar-refractivity contribution in [1.29, 1.82) is 0 Å². The Morgan fingerprint density at radius 1 is 1.11 bits per heavy atom. The summed E-state index contributed by atoms with van der Waals surface area (Å²) in [5.41, 5.74) is 4.19. The van der Waals surface area contributed by atoms with Crippen LogP contribution in [0.25, 0.3) is 11.1 Å². The van der Waals surface area contributed by atoms with E-state index in [1.54, 1.807) is 0 Å². The minimum Gasteiger partial charge on any atom is -0.376 e. The van der Waals surface area contributed by atoms with E-state index in [2.05, 4.69) is 11.9 Å². The number of rotatable bonds is 6. The molecular formula is C23H28N2O2. The van der Waals surface area contributed by atoms with Crippen LogP contribution in [-0.4, -0.2) is 41.6 Å². The molecule has 1 aliphatic heterocycles. The van der Waals surface area contributed by atoms with Crippen LogP contribution in [0.5, 0.6) is 0 Å². The van der Waals surface area contributed by atoms with Crippen LogP contribution in [0.1, 0.15) is 48.0 Å². The van der Waals surface area contributed by atoms with Gasteiger partial charge in [0, 0.05) is 37.7 Å². The molecule has 4 heteroatoms. The van der Waals surface area contributed by atoms with Gasteiger partial charge in [0.05, 0.1) is 6.10 Å². The van der Waals surface area contributed by atoms with E-state index in [0.717, 1.165) is 54.8 Å². The Morgan fingerprint density at radius 2 is 1.93 bits per heavy atom. The van der Waals surface area contributed by atoms with Crippen molar-refractivity contribution in [2.24, 2.45) is 5.92 Å². The van der Waals surface area contributed by atoms with E-state index >= 15 is 0 Å². The second-order valence-electron chi connectivity index (χ2n) is 7.91. The lowest BCUT2D eigenvalue weighted by atomic mass is 9.85. The maximum atomic E-state index is 13.2. The molecule has 1 aliphatic carbocycles. The third-order valence-electron chi connectivity index (χ3n) is 5.90. The number of nitrogens with zero attached hydrogens (tertiary/aromatic N) is 2. The lowest BCUT2D eigenvalue weighted by Gasteiger charge is -2.33. The number of hydrogen-bond donors (Lipinski definition) is 0. The normalized spacial score (nSPS) is 19.7. The summed E-state index contributed by atoms with van der Waals surface area (Å²) in [6.07, 6.45) is 9.84. The summed E-state index contributed by atoms with van der Waals surface area (Å²) in [7, 11) is 0. The molecule has 0 N–H and O–H groups in total. The number of pyridine rings is 1. The summed E-state index contributed by atoms with van der Waals surface area (Å²) < 4.78 is 5.79. The minimum atomic E-state index is 0.135. The van der Waals surface area contributed by atoms with Crippen molar-refractivity contribution in [2.75, 3.05) is 19.7 Å². The molecule has 1 atom stereocenters. The summed E-state index contributed by atoms with van der Waals surface area (Å²) in [5.74, 6) is 0.796. The predicted octanol–water partition coefficient (Wildman–Crippen LogP) is 4.48. The average Bonchev–Trinajstić information content (AvgIpc) is 3.17. The number of carbonyl (C=O) groups excluding carboxylic acids is 1. The van der Waals surface area contributed by atoms with Crippen LogP contribution in [0.15, 0.2) is 42.7 Å². The van der Waals surface area contributed by atoms with Gasteiger partial charge in [-0.1, -0.05) is 18.6 Å². The minimum absolute atomic E-state index is 0.135. The van der Waals surface area contributed by atoms with Crippen molar-refractivity contribution in [1.82, 2.24) is 9.88 Å². The summed E-state index contributed by atoms with van der Waals surface area (Å²) in [6, 6.07) is 10.0. The number of benzene rings is 1. The first-order valence-electron chi connectivity index (χ1n) is 10.1. The Kier molecular flexibility index (Phi) is 5.53. The first kappa shape index (κ1) is 18.2. The number of carbonyl (C=O) groups is 1. The molecule has 4 rings (SSSR count). The van der Waals surface area contributed by atoms with Crippen LogP contribution in [-0.2, 0) is 4.74 Å². The molecule has 1 unspecified atom stereocenters. The number of amides is 1. The van der Waals surface area contributed by atoms with Gasteiger partial charge in [0.25, 0.3) is 5.91 Å². The van der Waals surface area contributed by atoms with Crippen molar-refractivity contribution in [2.45, 2.75) is 45.1 Å². The molecule has 142 valence electrons. The molecule has 2 heterocycles. The fraction of sp³-hybridized carbons (Fsp3) is 0.478. The monoisotopic (exact) mass is 364 g/mol. The van der Waals surface area contributed by atoms with Crippen LogP contribution < -0.4 is 0 Å². The molecule has 2 aromatic rings. The van der Waals surface area contributed by atoms with Crippen LogP contribution in [0.3, 0.4) is 0 Å². The highest BCUT2D eigenvalue weighted by Gasteiger charge is 2.28. The summed E-state index contributed by atoms with van der Waals surface area (Å²) in [6.45, 7) is 4.48. The van der Waals surface area contributed by atoms with Crippen LogP contribution in [0.2, 0.25) is 0 Å². The van der Waals surface area contributed by atoms with Crippen molar-refractivity contribution in [3.8, 4) is 11.1 Å². The number of aromatic nitrogens is 1. The Labute approximate surface area is 161 Å². The standard InChI is InChI=1S/C23H28N2O2/c1-17-14-24-12-11-22(17)19-7-9-20(10-8-19)23(26)25(15-18-4-2-5-18)16-21-6-3-13-27-21/h7-12,14,18,21H,2-6,13,15-16H2,1H3. The van der Waals surface area contributed by atoms with Crippen molar-refractivity contribution in [3.05, 3.63) is 53.9 Å². The second kappa shape index (κ2) is 8.22. The van der Waals surface area contributed by atoms with E-state index in [4.69, 9.17) is 4.74 Å². The number of ether oxygens (including phenoxy) is 1. The van der Waals surface area contributed by atoms with Crippen molar-refractivity contribution < 1.29 is 9.53 Å². The van der Waals surface area contributed by atoms with E-state index in [-0.39, 0.29) is 12.0 Å². The Balaban J connectivity index is 1.50. The van der Waals surface area contributed by atoms with Gasteiger partial charge in [-0.25, -0.2) is 0 Å². The Hall–Kier alpha value is -2.20. The number of hydrogen-bond acceptors (Lipinski definition) is 3. The predicted molar refractivity (Wildman–Crippen MR) is 107 cm³/mol. The lowest BCUT2D eigenvalue weighted by Crippen LogP contribution is -2.41. The number of aryl methyl sites for hydroxylation is 1. The summed E-state index contributed by atoms with van der Waals surface area (Å²) in [5, 5.41) is 0. The molecule has 27 heavy (non-hydrogen) atoms. The molecule has 1 saturated heterocycles. The van der Waals surface area contributed by atoms with Gasteiger partial charge in [0.15, 0.2) is 0 Å². The lowest BCUT2D eigenvalue weighted by molar-refractivity contribution is 0.0448. The highest BCUT2D eigenvalue weighted by molar-refractivity contribution is 5.94. The molecular weight excluding hydrogens is 336 g/mol. The highest BCUT2D eigenvalue weighted by atomic mass is 16.5. The molecule has 1 aromatic heterocycles. The van der Waals surface area contributed by atoms with Gasteiger partial charge in [-0.15, -0.1) is 0 Å². The summed E-state index contributed by atoms with van der Waals surface area (Å²) >= 11 is 0. The first-order chi connectivity index (χ1) is 13.2. The van der Waals surface area contributed by atoms with Gasteiger partial charge < -0.3 is 9.64 Å². The maximum Gasteiger partial charge on any atom is 0.253 e. The third-order valence-corrected chi connectivity index (χ3v) is 5.90. The molecule has 1 saturated carbocycles. The maximum absolute atomic E-state index is 13.2. The Morgan fingerprint density at radius 3 is 2.56 bits per heavy atom.